The lowest BCUT2D eigenvalue weighted by atomic mass is 10.3. The summed E-state index contributed by atoms with van der Waals surface area (Å²) in [4.78, 5) is 6.86. The Bertz CT molecular complexity index is 670. The Balaban J connectivity index is 2.31. The highest BCUT2D eigenvalue weighted by Crippen LogP contribution is 2.26. The van der Waals surface area contributed by atoms with Crippen LogP contribution in [0.2, 0.25) is 5.02 Å². The Morgan fingerprint density at radius 1 is 1.47 bits per heavy atom. The third-order valence-electron chi connectivity index (χ3n) is 2.57. The van der Waals surface area contributed by atoms with E-state index in [1.807, 2.05) is 0 Å². The highest BCUT2D eigenvalue weighted by atomic mass is 35.5. The van der Waals surface area contributed by atoms with Gasteiger partial charge in [-0.2, -0.15) is 4.31 Å². The van der Waals surface area contributed by atoms with Gasteiger partial charge in [-0.05, 0) is 18.2 Å². The number of anilines is 1. The number of sulfonamides is 1. The van der Waals surface area contributed by atoms with Gasteiger partial charge in [0.05, 0.1) is 11.6 Å². The predicted molar refractivity (Wildman–Crippen MR) is 73.1 cm³/mol. The first-order valence-electron chi connectivity index (χ1n) is 5.41. The summed E-state index contributed by atoms with van der Waals surface area (Å²) in [5, 5.41) is 0.103. The van der Waals surface area contributed by atoms with E-state index in [1.54, 1.807) is 12.4 Å². The first-order valence-corrected chi connectivity index (χ1v) is 7.22. The van der Waals surface area contributed by atoms with Crippen LogP contribution < -0.4 is 5.73 Å². The van der Waals surface area contributed by atoms with E-state index in [0.717, 1.165) is 0 Å². The van der Waals surface area contributed by atoms with Gasteiger partial charge in [0, 0.05) is 25.1 Å². The second kappa shape index (κ2) is 5.20. The van der Waals surface area contributed by atoms with Gasteiger partial charge in [-0.25, -0.2) is 13.4 Å². The number of nitrogen functional groups attached to an aromatic ring is 1. The molecule has 1 heterocycles. The van der Waals surface area contributed by atoms with Crippen LogP contribution in [0.4, 0.5) is 5.69 Å². The van der Waals surface area contributed by atoms with Gasteiger partial charge in [-0.15, -0.1) is 0 Å². The zero-order valence-electron chi connectivity index (χ0n) is 10.2. The Kier molecular flexibility index (Phi) is 3.79. The maximum absolute atomic E-state index is 12.3. The van der Waals surface area contributed by atoms with Crippen LogP contribution in [-0.2, 0) is 16.6 Å². The van der Waals surface area contributed by atoms with Crippen molar-refractivity contribution in [1.29, 1.82) is 0 Å². The molecule has 0 amide bonds. The van der Waals surface area contributed by atoms with Crippen LogP contribution in [0, 0.1) is 0 Å². The summed E-state index contributed by atoms with van der Waals surface area (Å²) in [6, 6.07) is 4.31. The molecule has 3 N–H and O–H groups in total. The SMILES string of the molecule is CN(Cc1ncc[nH]1)S(=O)(=O)c1ccc(N)cc1Cl. The average Bonchev–Trinajstić information content (AvgIpc) is 2.81. The van der Waals surface area contributed by atoms with Gasteiger partial charge in [0.15, 0.2) is 0 Å². The van der Waals surface area contributed by atoms with Crippen LogP contribution >= 0.6 is 11.6 Å². The summed E-state index contributed by atoms with van der Waals surface area (Å²) in [6.45, 7) is 0.135. The lowest BCUT2D eigenvalue weighted by Crippen LogP contribution is -2.27. The van der Waals surface area contributed by atoms with Crippen molar-refractivity contribution in [3.63, 3.8) is 0 Å². The van der Waals surface area contributed by atoms with Gasteiger partial charge < -0.3 is 10.7 Å². The van der Waals surface area contributed by atoms with E-state index < -0.39 is 10.0 Å². The number of nitrogens with one attached hydrogen (secondary N) is 1. The molecule has 1 aromatic carbocycles. The highest BCUT2D eigenvalue weighted by molar-refractivity contribution is 7.89. The third kappa shape index (κ3) is 2.89. The molecule has 2 aromatic rings. The van der Waals surface area contributed by atoms with Crippen LogP contribution in [0.1, 0.15) is 5.82 Å². The van der Waals surface area contributed by atoms with Crippen molar-refractivity contribution in [2.45, 2.75) is 11.4 Å². The average molecular weight is 301 g/mol. The summed E-state index contributed by atoms with van der Waals surface area (Å²) < 4.78 is 25.9. The monoisotopic (exact) mass is 300 g/mol. The van der Waals surface area contributed by atoms with E-state index in [9.17, 15) is 8.42 Å². The van der Waals surface area contributed by atoms with E-state index in [4.69, 9.17) is 17.3 Å². The number of rotatable bonds is 4. The van der Waals surface area contributed by atoms with Crippen molar-refractivity contribution in [1.82, 2.24) is 14.3 Å². The minimum atomic E-state index is -3.68. The molecule has 0 fully saturated rings. The number of benzene rings is 1. The van der Waals surface area contributed by atoms with Gasteiger partial charge in [-0.3, -0.25) is 0 Å². The van der Waals surface area contributed by atoms with Gasteiger partial charge in [-0.1, -0.05) is 11.6 Å². The zero-order chi connectivity index (χ0) is 14.0. The topological polar surface area (TPSA) is 92.1 Å². The van der Waals surface area contributed by atoms with Gasteiger partial charge >= 0.3 is 0 Å². The maximum atomic E-state index is 12.3. The van der Waals surface area contributed by atoms with Crippen molar-refractivity contribution in [3.8, 4) is 0 Å². The number of H-pyrrole nitrogens is 1. The van der Waals surface area contributed by atoms with Crippen molar-refractivity contribution in [2.24, 2.45) is 0 Å². The predicted octanol–water partition coefficient (Wildman–Crippen LogP) is 1.47. The molecular weight excluding hydrogens is 288 g/mol. The minimum absolute atomic E-state index is 0.0254. The number of halogens is 1. The van der Waals surface area contributed by atoms with Crippen molar-refractivity contribution in [3.05, 3.63) is 41.4 Å². The normalized spacial score (nSPS) is 11.9. The van der Waals surface area contributed by atoms with E-state index >= 15 is 0 Å². The fraction of sp³-hybridized carbons (Fsp3) is 0.182. The number of nitrogens with two attached hydrogens (primary N) is 1. The molecule has 19 heavy (non-hydrogen) atoms. The second-order valence-corrected chi connectivity index (χ2v) is 6.41. The highest BCUT2D eigenvalue weighted by Gasteiger charge is 2.24. The summed E-state index contributed by atoms with van der Waals surface area (Å²) in [5.41, 5.74) is 5.96. The Hall–Kier alpha value is -1.57. The molecule has 0 spiro atoms. The van der Waals surface area contributed by atoms with Crippen molar-refractivity contribution < 1.29 is 8.42 Å². The van der Waals surface area contributed by atoms with E-state index in [2.05, 4.69) is 9.97 Å². The quantitative estimate of drug-likeness (QED) is 0.836. The molecule has 0 atom stereocenters. The van der Waals surface area contributed by atoms with Crippen LogP contribution in [-0.4, -0.2) is 29.7 Å². The molecule has 0 saturated heterocycles. The van der Waals surface area contributed by atoms with E-state index in [1.165, 1.54) is 29.6 Å². The number of aromatic nitrogens is 2. The fourth-order valence-electron chi connectivity index (χ4n) is 1.57. The fourth-order valence-corrected chi connectivity index (χ4v) is 3.23. The van der Waals surface area contributed by atoms with Gasteiger partial charge in [0.25, 0.3) is 0 Å². The van der Waals surface area contributed by atoms with Gasteiger partial charge in [0.2, 0.25) is 10.0 Å². The van der Waals surface area contributed by atoms with Gasteiger partial charge in [0.1, 0.15) is 10.7 Å². The Morgan fingerprint density at radius 3 is 2.79 bits per heavy atom. The van der Waals surface area contributed by atoms with E-state index in [0.29, 0.717) is 11.5 Å². The van der Waals surface area contributed by atoms with Crippen molar-refractivity contribution in [2.75, 3.05) is 12.8 Å². The number of hydrogen-bond donors (Lipinski definition) is 2. The first kappa shape index (κ1) is 13.9. The van der Waals surface area contributed by atoms with Crippen LogP contribution in [0.15, 0.2) is 35.5 Å². The number of imidazole rings is 1. The number of hydrogen-bond acceptors (Lipinski definition) is 4. The molecule has 0 saturated carbocycles. The summed E-state index contributed by atoms with van der Waals surface area (Å²) in [6.07, 6.45) is 3.19. The summed E-state index contributed by atoms with van der Waals surface area (Å²) in [7, 11) is -2.21. The molecule has 2 rings (SSSR count). The molecule has 0 bridgehead atoms. The molecule has 0 aliphatic heterocycles. The van der Waals surface area contributed by atoms with Crippen molar-refractivity contribution >= 4 is 27.3 Å². The molecule has 0 radical (unpaired) electrons. The molecule has 0 unspecified atom stereocenters. The third-order valence-corrected chi connectivity index (χ3v) is 4.86. The maximum Gasteiger partial charge on any atom is 0.244 e. The minimum Gasteiger partial charge on any atom is -0.399 e. The molecular formula is C11H13ClN4O2S. The van der Waals surface area contributed by atoms with E-state index in [-0.39, 0.29) is 16.5 Å². The zero-order valence-corrected chi connectivity index (χ0v) is 11.7. The van der Waals surface area contributed by atoms with Crippen LogP contribution in [0.3, 0.4) is 0 Å². The molecule has 0 aliphatic rings. The molecule has 8 heteroatoms. The molecule has 6 nitrogen and oxygen atoms in total. The standard InChI is InChI=1S/C11H13ClN4O2S/c1-16(7-11-14-4-5-15-11)19(17,18)10-3-2-8(13)6-9(10)12/h2-6H,7,13H2,1H3,(H,14,15). The molecule has 102 valence electrons. The number of nitrogens with zero attached hydrogens (tertiary/aromatic N) is 2. The second-order valence-electron chi connectivity index (χ2n) is 3.99. The summed E-state index contributed by atoms with van der Waals surface area (Å²) >= 11 is 5.93. The largest absolute Gasteiger partial charge is 0.399 e. The molecule has 0 aliphatic carbocycles. The number of aromatic amines is 1. The summed E-state index contributed by atoms with van der Waals surface area (Å²) in [5.74, 6) is 0.553. The first-order chi connectivity index (χ1) is 8.91. The van der Waals surface area contributed by atoms with Crippen LogP contribution in [0.5, 0.6) is 0 Å². The Morgan fingerprint density at radius 2 is 2.21 bits per heavy atom. The smallest absolute Gasteiger partial charge is 0.244 e. The lowest BCUT2D eigenvalue weighted by Gasteiger charge is -2.17. The lowest BCUT2D eigenvalue weighted by molar-refractivity contribution is 0.458. The molecule has 1 aromatic heterocycles. The Labute approximate surface area is 116 Å². The van der Waals surface area contributed by atoms with Crippen LogP contribution in [0.25, 0.3) is 0 Å².